The van der Waals surface area contributed by atoms with E-state index < -0.39 is 36.4 Å². The van der Waals surface area contributed by atoms with Crippen molar-refractivity contribution in [3.05, 3.63) is 0 Å². The van der Waals surface area contributed by atoms with Crippen LogP contribution in [0.1, 0.15) is 12.8 Å². The van der Waals surface area contributed by atoms with E-state index in [1.165, 1.54) is 0 Å². The average Bonchev–Trinajstić information content (AvgIpc) is 1.82. The molecule has 0 fully saturated rings. The Balaban J connectivity index is 0. The predicted octanol–water partition coefficient (Wildman–Crippen LogP) is -1.63. The molecule has 0 radical (unpaired) electrons. The molecular weight excluding hydrogens is 208 g/mol. The molecule has 0 saturated carbocycles. The molecule has 14 heavy (non-hydrogen) atoms. The Morgan fingerprint density at radius 1 is 0.929 bits per heavy atom. The number of carboxylic acids is 3. The monoisotopic (exact) mass is 216 g/mol. The Hall–Kier alpha value is -0.864. The molecule has 0 aromatic rings. The molecule has 0 rings (SSSR count). The first-order chi connectivity index (χ1) is 5.78. The normalized spacial score (nSPS) is 10.1. The minimum Gasteiger partial charge on any atom is -0.481 e. The molecule has 0 saturated heterocycles. The Morgan fingerprint density at radius 2 is 1.21 bits per heavy atom. The van der Waals surface area contributed by atoms with Gasteiger partial charge in [0.25, 0.3) is 0 Å². The van der Waals surface area contributed by atoms with E-state index >= 15 is 0 Å². The van der Waals surface area contributed by atoms with Crippen molar-refractivity contribution in [3.63, 3.8) is 0 Å². The van der Waals surface area contributed by atoms with Gasteiger partial charge in [0.1, 0.15) is 0 Å². The molecule has 0 amide bonds. The zero-order valence-electron chi connectivity index (χ0n) is 7.13. The molecule has 0 aromatic heterocycles. The van der Waals surface area contributed by atoms with Crippen molar-refractivity contribution in [2.45, 2.75) is 18.4 Å². The first kappa shape index (κ1) is 15.6. The first-order valence-corrected chi connectivity index (χ1v) is 3.17. The molecule has 0 aliphatic heterocycles. The van der Waals surface area contributed by atoms with Gasteiger partial charge in [-0.25, -0.2) is 4.79 Å². The topological polar surface area (TPSA) is 132 Å². The summed E-state index contributed by atoms with van der Waals surface area (Å²) in [4.78, 5) is 30.5. The van der Waals surface area contributed by atoms with Crippen LogP contribution in [-0.4, -0.2) is 67.0 Å². The van der Waals surface area contributed by atoms with E-state index in [2.05, 4.69) is 0 Å². The molecule has 0 atom stereocenters. The molecule has 0 bridgehead atoms. The van der Waals surface area contributed by atoms with Crippen LogP contribution >= 0.6 is 0 Å². The maximum absolute atomic E-state index is 10.3. The van der Waals surface area contributed by atoms with Crippen LogP contribution in [0.5, 0.6) is 0 Å². The van der Waals surface area contributed by atoms with E-state index in [-0.39, 0.29) is 23.1 Å². The number of hydrogen-bond donors (Lipinski definition) is 4. The number of carbonyl (C=O) groups is 3. The van der Waals surface area contributed by atoms with Gasteiger partial charge in [0.2, 0.25) is 0 Å². The van der Waals surface area contributed by atoms with E-state index in [9.17, 15) is 14.4 Å². The Labute approximate surface area is 94.5 Å². The number of hydrogen-bond acceptors (Lipinski definition) is 4. The maximum Gasteiger partial charge on any atom is 2.00 e. The van der Waals surface area contributed by atoms with Crippen molar-refractivity contribution < 1.29 is 34.8 Å². The summed E-state index contributed by atoms with van der Waals surface area (Å²) in [6.45, 7) is 0. The van der Waals surface area contributed by atoms with Crippen LogP contribution in [0.25, 0.3) is 0 Å². The largest absolute Gasteiger partial charge is 2.00 e. The quantitative estimate of drug-likeness (QED) is 0.406. The van der Waals surface area contributed by atoms with Crippen molar-refractivity contribution in [1.29, 1.82) is 0 Å². The fourth-order valence-corrected chi connectivity index (χ4v) is 0.714. The Bertz CT molecular complexity index is 233. The molecule has 0 aliphatic carbocycles. The van der Waals surface area contributed by atoms with Crippen LogP contribution in [0.4, 0.5) is 0 Å². The minimum absolute atomic E-state index is 0. The van der Waals surface area contributed by atoms with Gasteiger partial charge in [0.05, 0.1) is 12.8 Å². The summed E-state index contributed by atoms with van der Waals surface area (Å²) in [7, 11) is 0. The van der Waals surface area contributed by atoms with Crippen molar-refractivity contribution in [1.82, 2.24) is 0 Å². The van der Waals surface area contributed by atoms with Crippen LogP contribution in [0.15, 0.2) is 0 Å². The third-order valence-electron chi connectivity index (χ3n) is 1.29. The molecule has 0 aromatic carbocycles. The van der Waals surface area contributed by atoms with Crippen molar-refractivity contribution >= 4 is 41.0 Å². The Morgan fingerprint density at radius 3 is 1.36 bits per heavy atom. The maximum atomic E-state index is 10.3. The van der Waals surface area contributed by atoms with E-state index in [0.29, 0.717) is 0 Å². The van der Waals surface area contributed by atoms with E-state index in [1.54, 1.807) is 0 Å². The first-order valence-electron chi connectivity index (χ1n) is 3.17. The second kappa shape index (κ2) is 5.78. The smallest absolute Gasteiger partial charge is 0.481 e. The third-order valence-corrected chi connectivity index (χ3v) is 1.29. The SMILES string of the molecule is O=C(O)CC(O)(CC(=O)O)C(=O)O.[Mg+2]. The van der Waals surface area contributed by atoms with Crippen LogP contribution in [0.3, 0.4) is 0 Å². The molecule has 0 heterocycles. The van der Waals surface area contributed by atoms with Gasteiger partial charge >= 0.3 is 41.0 Å². The minimum atomic E-state index is -2.74. The number of aliphatic carboxylic acids is 3. The van der Waals surface area contributed by atoms with Crippen molar-refractivity contribution in [3.8, 4) is 0 Å². The molecule has 74 valence electrons. The van der Waals surface area contributed by atoms with Crippen LogP contribution in [0, 0.1) is 0 Å². The number of carboxylic acid groups (broad SMARTS) is 3. The molecule has 0 aliphatic rings. The van der Waals surface area contributed by atoms with Gasteiger partial charge < -0.3 is 20.4 Å². The van der Waals surface area contributed by atoms with Crippen LogP contribution < -0.4 is 0 Å². The fraction of sp³-hybridized carbons (Fsp3) is 0.500. The summed E-state index contributed by atoms with van der Waals surface area (Å²) >= 11 is 0. The van der Waals surface area contributed by atoms with Gasteiger partial charge in [-0.15, -0.1) is 0 Å². The summed E-state index contributed by atoms with van der Waals surface area (Å²) in [5.41, 5.74) is -2.74. The summed E-state index contributed by atoms with van der Waals surface area (Å²) in [5, 5.41) is 33.8. The molecular formula is C6H8MgO7+2. The molecule has 4 N–H and O–H groups in total. The summed E-state index contributed by atoms with van der Waals surface area (Å²) in [5.74, 6) is -5.02. The van der Waals surface area contributed by atoms with E-state index in [4.69, 9.17) is 20.4 Å². The molecule has 0 unspecified atom stereocenters. The summed E-state index contributed by atoms with van der Waals surface area (Å²) in [6, 6.07) is 0. The number of rotatable bonds is 5. The predicted molar refractivity (Wildman–Crippen MR) is 42.8 cm³/mol. The zero-order chi connectivity index (χ0) is 10.6. The second-order valence-corrected chi connectivity index (χ2v) is 2.48. The van der Waals surface area contributed by atoms with Crippen LogP contribution in [-0.2, 0) is 14.4 Å². The second-order valence-electron chi connectivity index (χ2n) is 2.48. The van der Waals surface area contributed by atoms with Gasteiger partial charge in [-0.3, -0.25) is 9.59 Å². The van der Waals surface area contributed by atoms with Gasteiger partial charge in [-0.05, 0) is 0 Å². The van der Waals surface area contributed by atoms with Gasteiger partial charge in [-0.2, -0.15) is 0 Å². The molecule has 8 heteroatoms. The van der Waals surface area contributed by atoms with Crippen molar-refractivity contribution in [2.24, 2.45) is 0 Å². The van der Waals surface area contributed by atoms with Gasteiger partial charge in [0, 0.05) is 0 Å². The summed E-state index contributed by atoms with van der Waals surface area (Å²) in [6.07, 6.45) is -2.29. The standard InChI is InChI=1S/C6H8O7.Mg/c7-3(8)1-6(13,5(11)12)2-4(9)10;/h13H,1-2H2,(H,7,8)(H,9,10)(H,11,12);/q;+2. The summed E-state index contributed by atoms with van der Waals surface area (Å²) < 4.78 is 0. The van der Waals surface area contributed by atoms with Gasteiger partial charge in [0.15, 0.2) is 5.60 Å². The third kappa shape index (κ3) is 4.99. The van der Waals surface area contributed by atoms with Crippen LogP contribution in [0.2, 0.25) is 0 Å². The van der Waals surface area contributed by atoms with Crippen molar-refractivity contribution in [2.75, 3.05) is 0 Å². The number of aliphatic hydroxyl groups is 1. The van der Waals surface area contributed by atoms with E-state index in [1.807, 2.05) is 0 Å². The molecule has 7 nitrogen and oxygen atoms in total. The fourth-order valence-electron chi connectivity index (χ4n) is 0.714. The average molecular weight is 216 g/mol. The van der Waals surface area contributed by atoms with E-state index in [0.717, 1.165) is 0 Å². The zero-order valence-corrected chi connectivity index (χ0v) is 8.55. The van der Waals surface area contributed by atoms with Gasteiger partial charge in [-0.1, -0.05) is 0 Å². The Kier molecular flexibility index (Phi) is 6.44. The molecule has 0 spiro atoms.